The molecular formula is C27H32N6O2. The van der Waals surface area contributed by atoms with Crippen LogP contribution in [0.25, 0.3) is 10.9 Å². The van der Waals surface area contributed by atoms with Gasteiger partial charge in [-0.05, 0) is 96.9 Å². The van der Waals surface area contributed by atoms with E-state index in [2.05, 4.69) is 51.4 Å². The molecule has 0 spiro atoms. The highest BCUT2D eigenvalue weighted by molar-refractivity contribution is 5.83. The molecule has 1 fully saturated rings. The molecule has 4 aromatic rings. The lowest BCUT2D eigenvalue weighted by molar-refractivity contribution is 0.149. The van der Waals surface area contributed by atoms with Gasteiger partial charge >= 0.3 is 0 Å². The van der Waals surface area contributed by atoms with Gasteiger partial charge in [0, 0.05) is 5.56 Å². The van der Waals surface area contributed by atoms with Crippen molar-refractivity contribution >= 4 is 10.9 Å². The van der Waals surface area contributed by atoms with E-state index >= 15 is 0 Å². The van der Waals surface area contributed by atoms with E-state index in [-0.39, 0.29) is 11.6 Å². The molecule has 5 rings (SSSR count). The van der Waals surface area contributed by atoms with Crippen LogP contribution in [0.4, 0.5) is 0 Å². The maximum absolute atomic E-state index is 13.5. The molecule has 0 unspecified atom stereocenters. The van der Waals surface area contributed by atoms with Gasteiger partial charge in [0.05, 0.1) is 19.2 Å². The summed E-state index contributed by atoms with van der Waals surface area (Å²) in [6.07, 6.45) is 2.17. The predicted octanol–water partition coefficient (Wildman–Crippen LogP) is 4.01. The van der Waals surface area contributed by atoms with Gasteiger partial charge in [0.2, 0.25) is 0 Å². The van der Waals surface area contributed by atoms with E-state index < -0.39 is 0 Å². The lowest BCUT2D eigenvalue weighted by atomic mass is 9.95. The lowest BCUT2D eigenvalue weighted by Gasteiger charge is -2.36. The number of rotatable bonds is 6. The molecule has 182 valence electrons. The fourth-order valence-corrected chi connectivity index (χ4v) is 5.12. The van der Waals surface area contributed by atoms with Crippen molar-refractivity contribution in [3.63, 3.8) is 0 Å². The van der Waals surface area contributed by atoms with E-state index in [4.69, 9.17) is 4.74 Å². The van der Waals surface area contributed by atoms with Crippen molar-refractivity contribution in [1.29, 1.82) is 0 Å². The van der Waals surface area contributed by atoms with Crippen LogP contribution >= 0.6 is 0 Å². The number of hydrogen-bond acceptors (Lipinski definition) is 6. The van der Waals surface area contributed by atoms with E-state index in [1.807, 2.05) is 41.9 Å². The van der Waals surface area contributed by atoms with Crippen LogP contribution in [0.1, 0.15) is 53.9 Å². The molecule has 1 atom stereocenters. The van der Waals surface area contributed by atoms with Crippen LogP contribution in [0.2, 0.25) is 0 Å². The van der Waals surface area contributed by atoms with Gasteiger partial charge in [-0.15, -0.1) is 5.10 Å². The van der Waals surface area contributed by atoms with Crippen LogP contribution in [0.15, 0.2) is 47.3 Å². The number of ether oxygens (including phenoxy) is 1. The number of aromatic nitrogens is 5. The second kappa shape index (κ2) is 9.62. The molecule has 0 amide bonds. The van der Waals surface area contributed by atoms with Crippen LogP contribution in [0.5, 0.6) is 5.75 Å². The quantitative estimate of drug-likeness (QED) is 0.456. The zero-order chi connectivity index (χ0) is 24.5. The smallest absolute Gasteiger partial charge is 0.253 e. The van der Waals surface area contributed by atoms with Crippen molar-refractivity contribution in [2.45, 2.75) is 46.2 Å². The Balaban J connectivity index is 1.60. The summed E-state index contributed by atoms with van der Waals surface area (Å²) in [5, 5.41) is 13.8. The fraction of sp³-hybridized carbons (Fsp3) is 0.407. The van der Waals surface area contributed by atoms with Crippen LogP contribution in [-0.4, -0.2) is 50.3 Å². The molecule has 1 aliphatic rings. The van der Waals surface area contributed by atoms with Gasteiger partial charge in [-0.25, -0.2) is 4.68 Å². The summed E-state index contributed by atoms with van der Waals surface area (Å²) in [6.45, 7) is 8.70. The number of benzene rings is 2. The van der Waals surface area contributed by atoms with Crippen molar-refractivity contribution in [3.8, 4) is 5.75 Å². The molecule has 0 saturated carbocycles. The van der Waals surface area contributed by atoms with Crippen molar-refractivity contribution in [2.24, 2.45) is 5.92 Å². The summed E-state index contributed by atoms with van der Waals surface area (Å²) in [5.74, 6) is 2.16. The average molecular weight is 473 g/mol. The minimum Gasteiger partial charge on any atom is -0.497 e. The molecule has 0 bridgehead atoms. The van der Waals surface area contributed by atoms with Crippen LogP contribution < -0.4 is 10.3 Å². The topological polar surface area (TPSA) is 88.9 Å². The van der Waals surface area contributed by atoms with E-state index in [1.54, 1.807) is 7.11 Å². The van der Waals surface area contributed by atoms with Gasteiger partial charge in [-0.3, -0.25) is 9.69 Å². The number of likely N-dealkylation sites (tertiary alicyclic amines) is 1. The Morgan fingerprint density at radius 2 is 1.86 bits per heavy atom. The standard InChI is InChI=1S/C27H32N6O2/c1-17-9-11-32(12-10-17)25(23-15-21-14-18(2)13-19(3)24(21)28-27(23)34)26-29-30-31-33(26)16-20-5-7-22(35-4)8-6-20/h5-8,13-15,17,25H,9-12,16H2,1-4H3,(H,28,34)/t25-/m0/s1. The van der Waals surface area contributed by atoms with Crippen molar-refractivity contribution < 1.29 is 4.74 Å². The summed E-state index contributed by atoms with van der Waals surface area (Å²) in [4.78, 5) is 19.0. The zero-order valence-electron chi connectivity index (χ0n) is 20.8. The van der Waals surface area contributed by atoms with Gasteiger partial charge in [0.1, 0.15) is 11.8 Å². The number of nitrogens with one attached hydrogen (secondary N) is 1. The summed E-state index contributed by atoms with van der Waals surface area (Å²) in [6, 6.07) is 13.8. The molecule has 3 heterocycles. The highest BCUT2D eigenvalue weighted by Crippen LogP contribution is 2.31. The first kappa shape index (κ1) is 23.2. The van der Waals surface area contributed by atoms with Crippen LogP contribution in [0, 0.1) is 19.8 Å². The number of pyridine rings is 1. The number of fused-ring (bicyclic) bond motifs is 1. The number of piperidine rings is 1. The average Bonchev–Trinajstić information content (AvgIpc) is 3.29. The SMILES string of the molecule is COc1ccc(Cn2nnnc2[C@H](c2cc3cc(C)cc(C)c3[nH]c2=O)N2CCC(C)CC2)cc1. The minimum atomic E-state index is -0.329. The molecule has 1 aliphatic heterocycles. The van der Waals surface area contributed by atoms with E-state index in [9.17, 15) is 4.79 Å². The van der Waals surface area contributed by atoms with E-state index in [1.165, 1.54) is 5.56 Å². The Hall–Kier alpha value is -3.52. The Morgan fingerprint density at radius 3 is 2.57 bits per heavy atom. The Bertz CT molecular complexity index is 1380. The summed E-state index contributed by atoms with van der Waals surface area (Å²) in [7, 11) is 1.66. The fourth-order valence-electron chi connectivity index (χ4n) is 5.12. The largest absolute Gasteiger partial charge is 0.497 e. The summed E-state index contributed by atoms with van der Waals surface area (Å²) >= 11 is 0. The molecule has 35 heavy (non-hydrogen) atoms. The number of tetrazole rings is 1. The minimum absolute atomic E-state index is 0.0907. The van der Waals surface area contributed by atoms with Crippen LogP contribution in [0.3, 0.4) is 0 Å². The molecule has 1 N–H and O–H groups in total. The number of nitrogens with zero attached hydrogens (tertiary/aromatic N) is 5. The third-order valence-corrected chi connectivity index (χ3v) is 7.10. The Morgan fingerprint density at radius 1 is 1.11 bits per heavy atom. The first-order valence-corrected chi connectivity index (χ1v) is 12.2. The Kier molecular flexibility index (Phi) is 6.38. The molecule has 2 aromatic heterocycles. The molecule has 0 aliphatic carbocycles. The molecule has 0 radical (unpaired) electrons. The molecule has 8 heteroatoms. The highest BCUT2D eigenvalue weighted by Gasteiger charge is 2.32. The van der Waals surface area contributed by atoms with Gasteiger partial charge in [0.25, 0.3) is 5.56 Å². The third-order valence-electron chi connectivity index (χ3n) is 7.10. The predicted molar refractivity (Wildman–Crippen MR) is 136 cm³/mol. The third kappa shape index (κ3) is 4.71. The molecule has 8 nitrogen and oxygen atoms in total. The second-order valence-electron chi connectivity index (χ2n) is 9.76. The Labute approximate surface area is 204 Å². The van der Waals surface area contributed by atoms with Crippen molar-refractivity contribution in [2.75, 3.05) is 20.2 Å². The first-order chi connectivity index (χ1) is 16.9. The summed E-state index contributed by atoms with van der Waals surface area (Å²) < 4.78 is 7.10. The number of H-pyrrole nitrogens is 1. The molecule has 1 saturated heterocycles. The maximum atomic E-state index is 13.5. The second-order valence-corrected chi connectivity index (χ2v) is 9.76. The maximum Gasteiger partial charge on any atom is 0.253 e. The van der Waals surface area contributed by atoms with Crippen molar-refractivity contribution in [1.82, 2.24) is 30.1 Å². The number of methoxy groups -OCH3 is 1. The van der Waals surface area contributed by atoms with E-state index in [0.29, 0.717) is 23.9 Å². The lowest BCUT2D eigenvalue weighted by Crippen LogP contribution is -2.40. The van der Waals surface area contributed by atoms with Gasteiger partial charge in [-0.2, -0.15) is 0 Å². The first-order valence-electron chi connectivity index (χ1n) is 12.2. The highest BCUT2D eigenvalue weighted by atomic mass is 16.5. The van der Waals surface area contributed by atoms with E-state index in [0.717, 1.165) is 53.7 Å². The summed E-state index contributed by atoms with van der Waals surface area (Å²) in [5.41, 5.74) is 4.77. The van der Waals surface area contributed by atoms with Gasteiger partial charge < -0.3 is 9.72 Å². The molecular weight excluding hydrogens is 440 g/mol. The number of hydrogen-bond donors (Lipinski definition) is 1. The zero-order valence-corrected chi connectivity index (χ0v) is 20.8. The number of aryl methyl sites for hydroxylation is 2. The van der Waals surface area contributed by atoms with Crippen molar-refractivity contribution in [3.05, 3.63) is 80.9 Å². The van der Waals surface area contributed by atoms with Crippen LogP contribution in [-0.2, 0) is 6.54 Å². The van der Waals surface area contributed by atoms with Gasteiger partial charge in [0.15, 0.2) is 5.82 Å². The normalized spacial score (nSPS) is 16.0. The molecule has 2 aromatic carbocycles. The number of aromatic amines is 1. The van der Waals surface area contributed by atoms with Gasteiger partial charge in [-0.1, -0.05) is 30.7 Å². The monoisotopic (exact) mass is 472 g/mol.